The minimum absolute atomic E-state index is 0.121. The van der Waals surface area contributed by atoms with Crippen molar-refractivity contribution in [3.63, 3.8) is 0 Å². The monoisotopic (exact) mass is 384 g/mol. The van der Waals surface area contributed by atoms with Crippen LogP contribution in [0.5, 0.6) is 0 Å². The molecular formula is C10H10BrIOS. The SMILES string of the molecule is CSc1cccc(I)c1C(=O)C(C)Br. The van der Waals surface area contributed by atoms with Crippen molar-refractivity contribution in [1.82, 2.24) is 0 Å². The van der Waals surface area contributed by atoms with Gasteiger partial charge in [0.1, 0.15) is 0 Å². The van der Waals surface area contributed by atoms with Crippen LogP contribution in [-0.4, -0.2) is 16.9 Å². The minimum atomic E-state index is -0.121. The van der Waals surface area contributed by atoms with Crippen molar-refractivity contribution in [3.05, 3.63) is 27.3 Å². The second kappa shape index (κ2) is 5.51. The standard InChI is InChI=1S/C10H10BrIOS/c1-6(11)10(13)9-7(12)4-3-5-8(9)14-2/h3-6H,1-2H3. The van der Waals surface area contributed by atoms with Crippen LogP contribution in [0.1, 0.15) is 17.3 Å². The van der Waals surface area contributed by atoms with Gasteiger partial charge < -0.3 is 0 Å². The van der Waals surface area contributed by atoms with Gasteiger partial charge in [0.05, 0.1) is 4.83 Å². The predicted molar refractivity (Wildman–Crippen MR) is 73.7 cm³/mol. The molecule has 1 rings (SSSR count). The van der Waals surface area contributed by atoms with E-state index in [2.05, 4.69) is 38.5 Å². The normalized spacial score (nSPS) is 12.6. The van der Waals surface area contributed by atoms with Gasteiger partial charge in [-0.3, -0.25) is 4.79 Å². The molecule has 0 saturated heterocycles. The lowest BCUT2D eigenvalue weighted by molar-refractivity contribution is 0.0992. The topological polar surface area (TPSA) is 17.1 Å². The van der Waals surface area contributed by atoms with Crippen molar-refractivity contribution < 1.29 is 4.79 Å². The molecule has 1 aromatic carbocycles. The maximum Gasteiger partial charge on any atom is 0.178 e. The highest BCUT2D eigenvalue weighted by Crippen LogP contribution is 2.27. The van der Waals surface area contributed by atoms with Gasteiger partial charge in [-0.25, -0.2) is 0 Å². The summed E-state index contributed by atoms with van der Waals surface area (Å²) in [6.45, 7) is 1.86. The number of alkyl halides is 1. The van der Waals surface area contributed by atoms with E-state index in [1.807, 2.05) is 31.4 Å². The van der Waals surface area contributed by atoms with Gasteiger partial charge in [-0.15, -0.1) is 11.8 Å². The number of halogens is 2. The molecule has 0 aromatic heterocycles. The third-order valence-electron chi connectivity index (χ3n) is 1.80. The van der Waals surface area contributed by atoms with Crippen LogP contribution >= 0.6 is 50.3 Å². The first-order chi connectivity index (χ1) is 6.57. The summed E-state index contributed by atoms with van der Waals surface area (Å²) in [5, 5.41) is 0. The second-order valence-corrected chi connectivity index (χ2v) is 6.18. The lowest BCUT2D eigenvalue weighted by atomic mass is 10.1. The molecule has 0 spiro atoms. The fourth-order valence-electron chi connectivity index (χ4n) is 1.11. The summed E-state index contributed by atoms with van der Waals surface area (Å²) in [5.41, 5.74) is 0.838. The predicted octanol–water partition coefficient (Wildman–Crippen LogP) is 3.98. The summed E-state index contributed by atoms with van der Waals surface area (Å²) in [5.74, 6) is 0.152. The first-order valence-corrected chi connectivity index (χ1v) is 7.30. The Morgan fingerprint density at radius 2 is 2.21 bits per heavy atom. The van der Waals surface area contributed by atoms with Crippen molar-refractivity contribution in [2.45, 2.75) is 16.6 Å². The van der Waals surface area contributed by atoms with Gasteiger partial charge in [-0.2, -0.15) is 0 Å². The molecule has 1 aromatic rings. The lowest BCUT2D eigenvalue weighted by Crippen LogP contribution is -2.12. The Labute approximate surface area is 110 Å². The van der Waals surface area contributed by atoms with E-state index in [4.69, 9.17) is 0 Å². The highest BCUT2D eigenvalue weighted by Gasteiger charge is 2.18. The van der Waals surface area contributed by atoms with Gasteiger partial charge in [0.15, 0.2) is 5.78 Å². The molecule has 76 valence electrons. The van der Waals surface area contributed by atoms with Crippen LogP contribution in [0.25, 0.3) is 0 Å². The van der Waals surface area contributed by atoms with Gasteiger partial charge in [0.2, 0.25) is 0 Å². The zero-order chi connectivity index (χ0) is 10.7. The number of carbonyl (C=O) groups is 1. The fourth-order valence-corrected chi connectivity index (χ4v) is 2.92. The number of Topliss-reactive ketones (excluding diaryl/α,β-unsaturated/α-hetero) is 1. The van der Waals surface area contributed by atoms with E-state index in [1.54, 1.807) is 11.8 Å². The van der Waals surface area contributed by atoms with Gasteiger partial charge in [-0.05, 0) is 47.9 Å². The third-order valence-corrected chi connectivity index (χ3v) is 3.90. The molecule has 0 aliphatic heterocycles. The maximum atomic E-state index is 11.9. The molecule has 0 N–H and O–H groups in total. The molecule has 0 aliphatic carbocycles. The van der Waals surface area contributed by atoms with Crippen LogP contribution in [0, 0.1) is 3.57 Å². The average Bonchev–Trinajstić information content (AvgIpc) is 2.16. The number of hydrogen-bond acceptors (Lipinski definition) is 2. The number of rotatable bonds is 3. The highest BCUT2D eigenvalue weighted by atomic mass is 127. The second-order valence-electron chi connectivity index (χ2n) is 2.80. The molecule has 0 saturated carbocycles. The van der Waals surface area contributed by atoms with E-state index in [0.717, 1.165) is 14.0 Å². The van der Waals surface area contributed by atoms with Gasteiger partial charge >= 0.3 is 0 Å². The Morgan fingerprint density at radius 3 is 2.71 bits per heavy atom. The van der Waals surface area contributed by atoms with Crippen molar-refractivity contribution in [2.24, 2.45) is 0 Å². The quantitative estimate of drug-likeness (QED) is 0.339. The summed E-state index contributed by atoms with van der Waals surface area (Å²) >= 11 is 7.12. The van der Waals surface area contributed by atoms with Crippen molar-refractivity contribution in [1.29, 1.82) is 0 Å². The molecular weight excluding hydrogens is 375 g/mol. The van der Waals surface area contributed by atoms with Crippen LogP contribution in [0.15, 0.2) is 23.1 Å². The number of thioether (sulfide) groups is 1. The molecule has 0 heterocycles. The minimum Gasteiger partial charge on any atom is -0.293 e. The van der Waals surface area contributed by atoms with Crippen LogP contribution in [-0.2, 0) is 0 Å². The average molecular weight is 385 g/mol. The number of carbonyl (C=O) groups excluding carboxylic acids is 1. The number of benzene rings is 1. The fraction of sp³-hybridized carbons (Fsp3) is 0.300. The Balaban J connectivity index is 3.23. The molecule has 0 amide bonds. The highest BCUT2D eigenvalue weighted by molar-refractivity contribution is 14.1. The molecule has 1 unspecified atom stereocenters. The smallest absolute Gasteiger partial charge is 0.178 e. The Kier molecular flexibility index (Phi) is 4.93. The summed E-state index contributed by atoms with van der Waals surface area (Å²) in [6.07, 6.45) is 1.99. The summed E-state index contributed by atoms with van der Waals surface area (Å²) in [7, 11) is 0. The molecule has 0 fully saturated rings. The number of ketones is 1. The van der Waals surface area contributed by atoms with E-state index in [-0.39, 0.29) is 10.6 Å². The molecule has 1 nitrogen and oxygen atoms in total. The molecule has 0 aliphatic rings. The van der Waals surface area contributed by atoms with E-state index in [0.29, 0.717) is 0 Å². The Morgan fingerprint density at radius 1 is 1.57 bits per heavy atom. The van der Waals surface area contributed by atoms with Crippen molar-refractivity contribution in [2.75, 3.05) is 6.26 Å². The van der Waals surface area contributed by atoms with E-state index in [1.165, 1.54) is 0 Å². The molecule has 14 heavy (non-hydrogen) atoms. The van der Waals surface area contributed by atoms with Crippen molar-refractivity contribution in [3.8, 4) is 0 Å². The molecule has 1 atom stereocenters. The summed E-state index contributed by atoms with van der Waals surface area (Å²) in [6, 6.07) is 5.92. The number of hydrogen-bond donors (Lipinski definition) is 0. The van der Waals surface area contributed by atoms with E-state index >= 15 is 0 Å². The van der Waals surface area contributed by atoms with Crippen LogP contribution in [0.4, 0.5) is 0 Å². The van der Waals surface area contributed by atoms with Gasteiger partial charge in [0, 0.05) is 14.0 Å². The van der Waals surface area contributed by atoms with Crippen LogP contribution in [0.3, 0.4) is 0 Å². The Hall–Kier alpha value is 0.450. The molecule has 4 heteroatoms. The zero-order valence-electron chi connectivity index (χ0n) is 7.88. The molecule has 0 bridgehead atoms. The third kappa shape index (κ3) is 2.73. The van der Waals surface area contributed by atoms with Crippen LogP contribution < -0.4 is 0 Å². The first-order valence-electron chi connectivity index (χ1n) is 4.08. The molecule has 0 radical (unpaired) electrons. The Bertz CT molecular complexity index is 352. The largest absolute Gasteiger partial charge is 0.293 e. The first kappa shape index (κ1) is 12.5. The van der Waals surface area contributed by atoms with Gasteiger partial charge in [0.25, 0.3) is 0 Å². The van der Waals surface area contributed by atoms with E-state index in [9.17, 15) is 4.79 Å². The summed E-state index contributed by atoms with van der Waals surface area (Å²) in [4.78, 5) is 12.8. The van der Waals surface area contributed by atoms with Gasteiger partial charge in [-0.1, -0.05) is 22.0 Å². The van der Waals surface area contributed by atoms with Crippen molar-refractivity contribution >= 4 is 56.1 Å². The van der Waals surface area contributed by atoms with E-state index < -0.39 is 0 Å². The van der Waals surface area contributed by atoms with Crippen LogP contribution in [0.2, 0.25) is 0 Å². The maximum absolute atomic E-state index is 11.9. The summed E-state index contributed by atoms with van der Waals surface area (Å²) < 4.78 is 1.02. The zero-order valence-corrected chi connectivity index (χ0v) is 12.4. The lowest BCUT2D eigenvalue weighted by Gasteiger charge is -2.09.